The second-order valence-corrected chi connectivity index (χ2v) is 7.10. The minimum atomic E-state index is -4.27. The molecule has 1 aromatic heterocycles. The number of aliphatic hydroxyl groups excluding tert-OH is 1. The van der Waals surface area contributed by atoms with E-state index in [1.54, 1.807) is 0 Å². The maximum Gasteiger partial charge on any atom is 0.321 e. The van der Waals surface area contributed by atoms with Gasteiger partial charge in [-0.2, -0.15) is 4.72 Å². The number of sulfonamides is 1. The van der Waals surface area contributed by atoms with Crippen LogP contribution in [0.4, 0.5) is 5.69 Å². The third-order valence-corrected chi connectivity index (χ3v) is 5.40. The lowest BCUT2D eigenvalue weighted by atomic mass is 10.2. The van der Waals surface area contributed by atoms with Crippen molar-refractivity contribution in [2.75, 3.05) is 6.61 Å². The molecule has 0 saturated carbocycles. The van der Waals surface area contributed by atoms with Crippen molar-refractivity contribution in [2.24, 2.45) is 0 Å². The Kier molecular flexibility index (Phi) is 5.42. The smallest absolute Gasteiger partial charge is 0.321 e. The average molecular weight is 345 g/mol. The first-order chi connectivity index (χ1) is 9.19. The van der Waals surface area contributed by atoms with Gasteiger partial charge in [-0.3, -0.25) is 14.9 Å². The summed E-state index contributed by atoms with van der Waals surface area (Å²) in [7, 11) is -4.27. The summed E-state index contributed by atoms with van der Waals surface area (Å²) in [6, 6.07) is -0.794. The number of carboxylic acid groups (broad SMARTS) is 1. The van der Waals surface area contributed by atoms with Crippen LogP contribution < -0.4 is 4.72 Å². The number of nitrogens with one attached hydrogen (secondary N) is 1. The van der Waals surface area contributed by atoms with Crippen molar-refractivity contribution in [1.82, 2.24) is 4.72 Å². The monoisotopic (exact) mass is 344 g/mol. The van der Waals surface area contributed by atoms with E-state index in [0.29, 0.717) is 11.3 Å². The van der Waals surface area contributed by atoms with Gasteiger partial charge in [-0.15, -0.1) is 11.3 Å². The summed E-state index contributed by atoms with van der Waals surface area (Å²) >= 11 is 5.97. The number of aliphatic carboxylic acids is 1. The second-order valence-electron chi connectivity index (χ2n) is 3.51. The summed E-state index contributed by atoms with van der Waals surface area (Å²) in [5, 5.41) is 28.0. The van der Waals surface area contributed by atoms with Gasteiger partial charge in [-0.25, -0.2) is 8.42 Å². The minimum absolute atomic E-state index is 0.329. The lowest BCUT2D eigenvalue weighted by molar-refractivity contribution is -0.384. The Morgan fingerprint density at radius 2 is 2.20 bits per heavy atom. The molecular formula is C8H9ClN2O7S2. The quantitative estimate of drug-likeness (QED) is 0.479. The molecule has 0 amide bonds. The minimum Gasteiger partial charge on any atom is -0.480 e. The summed E-state index contributed by atoms with van der Waals surface area (Å²) in [6.45, 7) is -0.537. The van der Waals surface area contributed by atoms with Gasteiger partial charge in [0.15, 0.2) is 4.34 Å². The molecule has 3 N–H and O–H groups in total. The first-order valence-electron chi connectivity index (χ1n) is 4.98. The Balaban J connectivity index is 3.07. The molecule has 0 aliphatic carbocycles. The van der Waals surface area contributed by atoms with Crippen LogP contribution in [0.15, 0.2) is 10.3 Å². The lowest BCUT2D eigenvalue weighted by Gasteiger charge is -2.12. The van der Waals surface area contributed by atoms with Crippen LogP contribution in [0.3, 0.4) is 0 Å². The molecule has 9 nitrogen and oxygen atoms in total. The summed E-state index contributed by atoms with van der Waals surface area (Å²) in [6.07, 6.45) is -0.338. The van der Waals surface area contributed by atoms with Crippen molar-refractivity contribution < 1.29 is 28.3 Å². The van der Waals surface area contributed by atoms with Gasteiger partial charge in [0.05, 0.1) is 4.92 Å². The molecule has 0 aliphatic heterocycles. The highest BCUT2D eigenvalue weighted by molar-refractivity contribution is 7.91. The number of hydrogen-bond acceptors (Lipinski definition) is 7. The highest BCUT2D eigenvalue weighted by Gasteiger charge is 2.29. The number of halogens is 1. The first kappa shape index (κ1) is 16.8. The maximum absolute atomic E-state index is 11.9. The average Bonchev–Trinajstić information content (AvgIpc) is 2.71. The zero-order valence-corrected chi connectivity index (χ0v) is 12.0. The maximum atomic E-state index is 11.9. The molecule has 1 aromatic rings. The number of carboxylic acids is 1. The highest BCUT2D eigenvalue weighted by atomic mass is 35.5. The molecule has 1 heterocycles. The second kappa shape index (κ2) is 6.45. The van der Waals surface area contributed by atoms with E-state index in [-0.39, 0.29) is 10.8 Å². The number of aliphatic hydroxyl groups is 1. The summed E-state index contributed by atoms with van der Waals surface area (Å²) < 4.78 is 24.8. The third-order valence-electron chi connectivity index (χ3n) is 2.12. The number of nitro groups is 1. The molecule has 0 aliphatic rings. The molecule has 0 unspecified atom stereocenters. The molecule has 0 saturated heterocycles. The van der Waals surface area contributed by atoms with E-state index >= 15 is 0 Å². The Morgan fingerprint density at radius 3 is 2.60 bits per heavy atom. The molecule has 1 rings (SSSR count). The van der Waals surface area contributed by atoms with Crippen molar-refractivity contribution >= 4 is 44.6 Å². The van der Waals surface area contributed by atoms with Crippen LogP contribution in [0.25, 0.3) is 0 Å². The van der Waals surface area contributed by atoms with Crippen LogP contribution in [-0.4, -0.2) is 42.2 Å². The van der Waals surface area contributed by atoms with E-state index in [4.69, 9.17) is 21.8 Å². The number of thiophene rings is 1. The van der Waals surface area contributed by atoms with E-state index in [2.05, 4.69) is 0 Å². The van der Waals surface area contributed by atoms with Gasteiger partial charge >= 0.3 is 5.97 Å². The van der Waals surface area contributed by atoms with Crippen LogP contribution >= 0.6 is 22.9 Å². The zero-order valence-electron chi connectivity index (χ0n) is 9.65. The third kappa shape index (κ3) is 3.86. The fourth-order valence-electron chi connectivity index (χ4n) is 1.20. The van der Waals surface area contributed by atoms with Crippen molar-refractivity contribution in [2.45, 2.75) is 16.7 Å². The molecule has 1 atom stereocenters. The van der Waals surface area contributed by atoms with Gasteiger partial charge in [-0.1, -0.05) is 11.6 Å². The predicted octanol–water partition coefficient (Wildman–Crippen LogP) is 0.424. The molecule has 112 valence electrons. The van der Waals surface area contributed by atoms with Crippen LogP contribution in [0.5, 0.6) is 0 Å². The SMILES string of the molecule is O=C(O)[C@H](CCO)NS(=O)(=O)c1cc([N+](=O)[O-])c(Cl)s1. The highest BCUT2D eigenvalue weighted by Crippen LogP contribution is 2.36. The van der Waals surface area contributed by atoms with Gasteiger partial charge in [0.1, 0.15) is 10.3 Å². The van der Waals surface area contributed by atoms with Gasteiger partial charge in [0.25, 0.3) is 15.7 Å². The van der Waals surface area contributed by atoms with Crippen molar-refractivity contribution in [3.63, 3.8) is 0 Å². The molecule has 0 fully saturated rings. The largest absolute Gasteiger partial charge is 0.480 e. The summed E-state index contributed by atoms with van der Waals surface area (Å²) in [5.41, 5.74) is -0.578. The van der Waals surface area contributed by atoms with Gasteiger partial charge in [-0.05, 0) is 6.42 Å². The van der Waals surface area contributed by atoms with E-state index in [0.717, 1.165) is 6.07 Å². The number of carbonyl (C=O) groups is 1. The van der Waals surface area contributed by atoms with E-state index in [1.165, 1.54) is 0 Å². The molecule has 0 bridgehead atoms. The van der Waals surface area contributed by atoms with Gasteiger partial charge < -0.3 is 10.2 Å². The number of hydrogen-bond donors (Lipinski definition) is 3. The molecule has 12 heteroatoms. The molecule has 0 spiro atoms. The van der Waals surface area contributed by atoms with Crippen LogP contribution in [0.1, 0.15) is 6.42 Å². The predicted molar refractivity (Wildman–Crippen MR) is 69.4 cm³/mol. The van der Waals surface area contributed by atoms with Crippen LogP contribution in [0, 0.1) is 10.1 Å². The van der Waals surface area contributed by atoms with Crippen LogP contribution in [0.2, 0.25) is 4.34 Å². The normalized spacial score (nSPS) is 13.1. The Morgan fingerprint density at radius 1 is 1.60 bits per heavy atom. The van der Waals surface area contributed by atoms with E-state index in [9.17, 15) is 23.3 Å². The fourth-order valence-corrected chi connectivity index (χ4v) is 4.11. The summed E-state index contributed by atoms with van der Waals surface area (Å²) in [5.74, 6) is -1.47. The molecule has 20 heavy (non-hydrogen) atoms. The molecular weight excluding hydrogens is 336 g/mol. The zero-order chi connectivity index (χ0) is 15.5. The van der Waals surface area contributed by atoms with E-state index < -0.39 is 43.5 Å². The van der Waals surface area contributed by atoms with Crippen LogP contribution in [-0.2, 0) is 14.8 Å². The Hall–Kier alpha value is -1.27. The van der Waals surface area contributed by atoms with E-state index in [1.807, 2.05) is 4.72 Å². The molecule has 0 aromatic carbocycles. The first-order valence-corrected chi connectivity index (χ1v) is 7.66. The number of nitrogens with zero attached hydrogens (tertiary/aromatic N) is 1. The van der Waals surface area contributed by atoms with Crippen molar-refractivity contribution in [1.29, 1.82) is 0 Å². The fraction of sp³-hybridized carbons (Fsp3) is 0.375. The Labute approximate surface area is 122 Å². The summed E-state index contributed by atoms with van der Waals surface area (Å²) in [4.78, 5) is 20.5. The standard InChI is InChI=1S/C8H9ClN2O7S2/c9-7-5(11(15)16)3-6(19-7)20(17,18)10-4(1-2-12)8(13)14/h3-4,10,12H,1-2H2,(H,13,14)/t4-/m0/s1. The van der Waals surface area contributed by atoms with Gasteiger partial charge in [0.2, 0.25) is 0 Å². The van der Waals surface area contributed by atoms with Crippen molar-refractivity contribution in [3.8, 4) is 0 Å². The molecule has 0 radical (unpaired) electrons. The number of rotatable bonds is 7. The van der Waals surface area contributed by atoms with Crippen molar-refractivity contribution in [3.05, 3.63) is 20.5 Å². The lowest BCUT2D eigenvalue weighted by Crippen LogP contribution is -2.41. The topological polar surface area (TPSA) is 147 Å². The van der Waals surface area contributed by atoms with Gasteiger partial charge in [0, 0.05) is 12.7 Å². The Bertz CT molecular complexity index is 627.